The number of carbonyl (C=O) groups is 1. The molecule has 5 heterocycles. The predicted molar refractivity (Wildman–Crippen MR) is 161 cm³/mol. The third kappa shape index (κ3) is 4.45. The SMILES string of the molecule is CC1(C(=O)O)CCN(c2nc(OCC34CCCN3CCC4)nc3c(F)c(-c4cccc5cccc(Cl)c45)ncc23)CC1. The lowest BCUT2D eigenvalue weighted by molar-refractivity contribution is -0.149. The average molecular weight is 590 g/mol. The maximum absolute atomic E-state index is 16.6. The van der Waals surface area contributed by atoms with Crippen LogP contribution < -0.4 is 9.64 Å². The van der Waals surface area contributed by atoms with Gasteiger partial charge in [-0.15, -0.1) is 0 Å². The molecule has 2 aromatic carbocycles. The van der Waals surface area contributed by atoms with Crippen LogP contribution in [0.15, 0.2) is 42.6 Å². The fourth-order valence-corrected chi connectivity index (χ4v) is 7.38. The van der Waals surface area contributed by atoms with Crippen molar-refractivity contribution in [2.24, 2.45) is 5.41 Å². The van der Waals surface area contributed by atoms with Crippen molar-refractivity contribution in [1.29, 1.82) is 0 Å². The van der Waals surface area contributed by atoms with E-state index in [2.05, 4.69) is 14.9 Å². The van der Waals surface area contributed by atoms with E-state index in [9.17, 15) is 9.90 Å². The lowest BCUT2D eigenvalue weighted by Gasteiger charge is -2.37. The minimum absolute atomic E-state index is 0.0193. The second-order valence-corrected chi connectivity index (χ2v) is 12.6. The highest BCUT2D eigenvalue weighted by molar-refractivity contribution is 6.36. The van der Waals surface area contributed by atoms with Crippen LogP contribution in [0.1, 0.15) is 45.4 Å². The first-order chi connectivity index (χ1) is 20.3. The van der Waals surface area contributed by atoms with Crippen molar-refractivity contribution in [3.63, 3.8) is 0 Å². The molecule has 42 heavy (non-hydrogen) atoms. The van der Waals surface area contributed by atoms with E-state index >= 15 is 4.39 Å². The lowest BCUT2D eigenvalue weighted by Crippen LogP contribution is -2.44. The molecule has 2 aromatic heterocycles. The summed E-state index contributed by atoms with van der Waals surface area (Å²) in [6.07, 6.45) is 6.92. The fraction of sp³-hybridized carbons (Fsp3) is 0.438. The molecule has 4 aromatic rings. The lowest BCUT2D eigenvalue weighted by atomic mass is 9.80. The first-order valence-electron chi connectivity index (χ1n) is 14.7. The zero-order chi connectivity index (χ0) is 29.1. The van der Waals surface area contributed by atoms with Gasteiger partial charge in [-0.1, -0.05) is 41.9 Å². The maximum Gasteiger partial charge on any atom is 0.319 e. The highest BCUT2D eigenvalue weighted by atomic mass is 35.5. The Morgan fingerprint density at radius 3 is 2.48 bits per heavy atom. The number of hydrogen-bond acceptors (Lipinski definition) is 7. The molecule has 0 unspecified atom stereocenters. The molecule has 3 fully saturated rings. The summed E-state index contributed by atoms with van der Waals surface area (Å²) in [5, 5.41) is 12.4. The molecule has 218 valence electrons. The Hall–Kier alpha value is -3.56. The van der Waals surface area contributed by atoms with Gasteiger partial charge in [0.25, 0.3) is 0 Å². The smallest absolute Gasteiger partial charge is 0.319 e. The number of piperidine rings is 1. The number of fused-ring (bicyclic) bond motifs is 3. The van der Waals surface area contributed by atoms with Gasteiger partial charge in [0.1, 0.15) is 23.6 Å². The molecule has 8 nitrogen and oxygen atoms in total. The van der Waals surface area contributed by atoms with Gasteiger partial charge in [0.2, 0.25) is 0 Å². The van der Waals surface area contributed by atoms with Gasteiger partial charge in [0.15, 0.2) is 5.82 Å². The first-order valence-corrected chi connectivity index (χ1v) is 15.1. The molecule has 0 atom stereocenters. The van der Waals surface area contributed by atoms with Crippen molar-refractivity contribution in [1.82, 2.24) is 19.9 Å². The van der Waals surface area contributed by atoms with Crippen LogP contribution in [0.2, 0.25) is 5.02 Å². The zero-order valence-corrected chi connectivity index (χ0v) is 24.3. The van der Waals surface area contributed by atoms with E-state index < -0.39 is 17.2 Å². The molecule has 3 aliphatic rings. The number of aliphatic carboxylic acids is 1. The standard InChI is InChI=1S/C32H33ClFN5O3/c1-31(29(40)41)12-16-38(17-13-31)28-22-18-35-26(21-8-2-6-20-7-3-9-23(33)24(20)21)25(34)27(22)36-30(37-28)42-19-32-10-4-14-39(32)15-5-11-32/h2-3,6-9,18H,4-5,10-17,19H2,1H3,(H,40,41). The average Bonchev–Trinajstić information content (AvgIpc) is 3.57. The van der Waals surface area contributed by atoms with Crippen molar-refractivity contribution in [2.45, 2.75) is 51.0 Å². The van der Waals surface area contributed by atoms with Crippen LogP contribution in [-0.2, 0) is 4.79 Å². The van der Waals surface area contributed by atoms with Gasteiger partial charge in [-0.25, -0.2) is 4.39 Å². The topological polar surface area (TPSA) is 91.7 Å². The minimum atomic E-state index is -0.809. The molecule has 0 aliphatic carbocycles. The van der Waals surface area contributed by atoms with Crippen LogP contribution in [0, 0.1) is 11.2 Å². The maximum atomic E-state index is 16.6. The minimum Gasteiger partial charge on any atom is -0.481 e. The summed E-state index contributed by atoms with van der Waals surface area (Å²) in [5.74, 6) is -0.854. The number of aromatic nitrogens is 3. The van der Waals surface area contributed by atoms with Crippen LogP contribution in [0.4, 0.5) is 10.2 Å². The third-order valence-electron chi connectivity index (χ3n) is 9.72. The van der Waals surface area contributed by atoms with E-state index in [1.807, 2.05) is 35.2 Å². The van der Waals surface area contributed by atoms with Gasteiger partial charge in [0.05, 0.1) is 16.3 Å². The monoisotopic (exact) mass is 589 g/mol. The Morgan fingerprint density at radius 2 is 1.76 bits per heavy atom. The Morgan fingerprint density at radius 1 is 1.05 bits per heavy atom. The van der Waals surface area contributed by atoms with Crippen molar-refractivity contribution < 1.29 is 19.0 Å². The number of nitrogens with zero attached hydrogens (tertiary/aromatic N) is 5. The normalized spacial score (nSPS) is 19.8. The summed E-state index contributed by atoms with van der Waals surface area (Å²) < 4.78 is 22.9. The van der Waals surface area contributed by atoms with Gasteiger partial charge in [-0.2, -0.15) is 9.97 Å². The van der Waals surface area contributed by atoms with Gasteiger partial charge in [-0.3, -0.25) is 14.7 Å². The second-order valence-electron chi connectivity index (χ2n) is 12.2. The van der Waals surface area contributed by atoms with Gasteiger partial charge < -0.3 is 14.7 Å². The summed E-state index contributed by atoms with van der Waals surface area (Å²) in [4.78, 5) is 30.4. The number of carboxylic acid groups (broad SMARTS) is 1. The molecular formula is C32H33ClFN5O3. The Kier molecular flexibility index (Phi) is 6.70. The molecule has 3 saturated heterocycles. The van der Waals surface area contributed by atoms with Crippen LogP contribution in [0.3, 0.4) is 0 Å². The Balaban J connectivity index is 1.33. The number of pyridine rings is 1. The quantitative estimate of drug-likeness (QED) is 0.279. The van der Waals surface area contributed by atoms with E-state index in [4.69, 9.17) is 21.3 Å². The molecule has 7 rings (SSSR count). The van der Waals surface area contributed by atoms with Gasteiger partial charge in [-0.05, 0) is 70.0 Å². The van der Waals surface area contributed by atoms with E-state index in [1.54, 1.807) is 19.2 Å². The predicted octanol–water partition coefficient (Wildman–Crippen LogP) is 6.34. The largest absolute Gasteiger partial charge is 0.481 e. The van der Waals surface area contributed by atoms with Crippen molar-refractivity contribution in [3.05, 3.63) is 53.4 Å². The fourth-order valence-electron chi connectivity index (χ4n) is 7.09. The first kappa shape index (κ1) is 27.3. The van der Waals surface area contributed by atoms with Gasteiger partial charge >= 0.3 is 12.0 Å². The molecule has 0 spiro atoms. The molecule has 0 radical (unpaired) electrons. The Bertz CT molecular complexity index is 1690. The number of benzene rings is 2. The van der Waals surface area contributed by atoms with Crippen LogP contribution in [0.25, 0.3) is 32.9 Å². The number of halogens is 2. The number of anilines is 1. The Labute approximate surface area is 248 Å². The van der Waals surface area contributed by atoms with Crippen LogP contribution in [0.5, 0.6) is 6.01 Å². The molecule has 0 bridgehead atoms. The summed E-state index contributed by atoms with van der Waals surface area (Å²) in [7, 11) is 0. The molecule has 10 heteroatoms. The van der Waals surface area contributed by atoms with E-state index in [0.717, 1.165) is 49.5 Å². The molecule has 0 amide bonds. The summed E-state index contributed by atoms with van der Waals surface area (Å²) >= 11 is 6.58. The second kappa shape index (κ2) is 10.3. The van der Waals surface area contributed by atoms with Crippen molar-refractivity contribution in [2.75, 3.05) is 37.7 Å². The molecule has 3 aliphatic heterocycles. The van der Waals surface area contributed by atoms with Gasteiger partial charge in [0, 0.05) is 35.3 Å². The molecular weight excluding hydrogens is 557 g/mol. The zero-order valence-electron chi connectivity index (χ0n) is 23.6. The summed E-state index contributed by atoms with van der Waals surface area (Å²) in [5.41, 5.74) is 0.0419. The molecule has 1 N–H and O–H groups in total. The highest BCUT2D eigenvalue weighted by Crippen LogP contribution is 2.41. The highest BCUT2D eigenvalue weighted by Gasteiger charge is 2.45. The number of hydrogen-bond donors (Lipinski definition) is 1. The van der Waals surface area contributed by atoms with Crippen molar-refractivity contribution in [3.8, 4) is 17.3 Å². The number of rotatable bonds is 6. The summed E-state index contributed by atoms with van der Waals surface area (Å²) in [6.45, 7) is 5.30. The number of ether oxygens (including phenoxy) is 1. The third-order valence-corrected chi connectivity index (χ3v) is 10.0. The van der Waals surface area contributed by atoms with E-state index in [-0.39, 0.29) is 22.8 Å². The molecule has 0 saturated carbocycles. The van der Waals surface area contributed by atoms with Crippen molar-refractivity contribution >= 4 is 45.1 Å². The van der Waals surface area contributed by atoms with E-state index in [1.165, 1.54) is 0 Å². The van der Waals surface area contributed by atoms with Crippen LogP contribution >= 0.6 is 11.6 Å². The number of carboxylic acids is 1. The van der Waals surface area contributed by atoms with Crippen LogP contribution in [-0.4, -0.2) is 69.3 Å². The summed E-state index contributed by atoms with van der Waals surface area (Å²) in [6, 6.07) is 11.3. The van der Waals surface area contributed by atoms with E-state index in [0.29, 0.717) is 54.3 Å².